The normalized spacial score (nSPS) is 21.5. The highest BCUT2D eigenvalue weighted by Gasteiger charge is 2.36. The molecule has 0 spiro atoms. The van der Waals surface area contributed by atoms with Crippen molar-refractivity contribution in [3.8, 4) is 5.75 Å². The van der Waals surface area contributed by atoms with Crippen molar-refractivity contribution in [1.82, 2.24) is 14.9 Å². The van der Waals surface area contributed by atoms with Crippen LogP contribution in [-0.2, 0) is 5.60 Å². The van der Waals surface area contributed by atoms with E-state index in [1.165, 1.54) is 0 Å². The second-order valence-corrected chi connectivity index (χ2v) is 8.55. The maximum Gasteiger partial charge on any atom is 0.229 e. The van der Waals surface area contributed by atoms with Crippen LogP contribution in [0.15, 0.2) is 18.2 Å². The average Bonchev–Trinajstić information content (AvgIpc) is 2.93. The van der Waals surface area contributed by atoms with Gasteiger partial charge in [-0.3, -0.25) is 0 Å². The number of likely N-dealkylation sites (N-methyl/N-ethyl adjacent to an activating group) is 1. The Morgan fingerprint density at radius 3 is 2.87 bits per heavy atom. The molecule has 8 heteroatoms. The van der Waals surface area contributed by atoms with Crippen LogP contribution in [0.3, 0.4) is 0 Å². The predicted octanol–water partition coefficient (Wildman–Crippen LogP) is 3.81. The second kappa shape index (κ2) is 8.43. The number of halogens is 1. The van der Waals surface area contributed by atoms with E-state index < -0.39 is 11.4 Å². The van der Waals surface area contributed by atoms with Crippen molar-refractivity contribution in [3.05, 3.63) is 40.8 Å². The van der Waals surface area contributed by atoms with Crippen LogP contribution in [0.25, 0.3) is 5.57 Å². The summed E-state index contributed by atoms with van der Waals surface area (Å²) in [5.41, 5.74) is 1.78. The molecule has 2 aliphatic rings. The molecule has 1 aromatic carbocycles. The Kier molecular flexibility index (Phi) is 5.85. The summed E-state index contributed by atoms with van der Waals surface area (Å²) in [5.74, 6) is 0.957. The van der Waals surface area contributed by atoms with Crippen LogP contribution < -0.4 is 15.4 Å². The molecular weight excluding hydrogens is 397 g/mol. The third kappa shape index (κ3) is 4.36. The van der Waals surface area contributed by atoms with Crippen molar-refractivity contribution in [2.75, 3.05) is 44.4 Å². The van der Waals surface area contributed by atoms with Gasteiger partial charge in [0.05, 0.1) is 23.5 Å². The summed E-state index contributed by atoms with van der Waals surface area (Å²) in [4.78, 5) is 11.0. The molecule has 2 aromatic rings. The van der Waals surface area contributed by atoms with E-state index in [9.17, 15) is 5.11 Å². The van der Waals surface area contributed by atoms with Crippen LogP contribution in [0.4, 0.5) is 21.8 Å². The number of anilines is 3. The Morgan fingerprint density at radius 2 is 2.10 bits per heavy atom. The first kappa shape index (κ1) is 21.5. The van der Waals surface area contributed by atoms with Gasteiger partial charge in [-0.15, -0.1) is 0 Å². The summed E-state index contributed by atoms with van der Waals surface area (Å²) >= 11 is 0. The van der Waals surface area contributed by atoms with Crippen LogP contribution in [0.5, 0.6) is 5.75 Å². The molecule has 0 unspecified atom stereocenters. The molecule has 0 amide bonds. The van der Waals surface area contributed by atoms with Crippen LogP contribution in [0.2, 0.25) is 0 Å². The zero-order valence-corrected chi connectivity index (χ0v) is 18.5. The molecular formula is C23H30FN5O2. The zero-order chi connectivity index (χ0) is 22.2. The molecule has 31 heavy (non-hydrogen) atoms. The Balaban J connectivity index is 1.86. The summed E-state index contributed by atoms with van der Waals surface area (Å²) in [7, 11) is 3.83. The van der Waals surface area contributed by atoms with Gasteiger partial charge >= 0.3 is 0 Å². The lowest BCUT2D eigenvalue weighted by Crippen LogP contribution is -2.30. The van der Waals surface area contributed by atoms with E-state index in [2.05, 4.69) is 38.6 Å². The number of nitrogens with one attached hydrogen (secondary N) is 2. The van der Waals surface area contributed by atoms with Gasteiger partial charge < -0.3 is 25.4 Å². The monoisotopic (exact) mass is 427 g/mol. The number of aromatic nitrogens is 2. The highest BCUT2D eigenvalue weighted by molar-refractivity contribution is 5.78. The minimum absolute atomic E-state index is 0.227. The van der Waals surface area contributed by atoms with E-state index in [-0.39, 0.29) is 5.69 Å². The first-order valence-corrected chi connectivity index (χ1v) is 10.7. The van der Waals surface area contributed by atoms with E-state index in [1.54, 1.807) is 20.0 Å². The van der Waals surface area contributed by atoms with Gasteiger partial charge in [-0.2, -0.15) is 4.98 Å². The van der Waals surface area contributed by atoms with E-state index in [4.69, 9.17) is 4.74 Å². The molecule has 166 valence electrons. The maximum atomic E-state index is 15.9. The number of rotatable bonds is 4. The fourth-order valence-corrected chi connectivity index (χ4v) is 4.16. The number of hydrogen-bond donors (Lipinski definition) is 3. The number of nitrogens with zero attached hydrogens (tertiary/aromatic N) is 3. The Bertz CT molecular complexity index is 1020. The fraction of sp³-hybridized carbons (Fsp3) is 0.478. The Labute approximate surface area is 182 Å². The molecule has 2 aliphatic heterocycles. The lowest BCUT2D eigenvalue weighted by Gasteiger charge is -2.33. The first-order chi connectivity index (χ1) is 14.8. The van der Waals surface area contributed by atoms with Gasteiger partial charge in [0.15, 0.2) is 5.82 Å². The van der Waals surface area contributed by atoms with Gasteiger partial charge in [0.2, 0.25) is 5.95 Å². The maximum absolute atomic E-state index is 15.9. The van der Waals surface area contributed by atoms with Gasteiger partial charge in [0.25, 0.3) is 0 Å². The van der Waals surface area contributed by atoms with E-state index in [0.717, 1.165) is 37.2 Å². The molecule has 0 saturated carbocycles. The molecule has 0 bridgehead atoms. The second-order valence-electron chi connectivity index (χ2n) is 8.55. The Morgan fingerprint density at radius 1 is 1.29 bits per heavy atom. The highest BCUT2D eigenvalue weighted by atomic mass is 19.1. The number of aryl methyl sites for hydroxylation is 1. The topological polar surface area (TPSA) is 82.5 Å². The SMILES string of the molecule is CNc1cc(C)nc(Nc2cc3c(c(C4=CCN(C)CCC4)c2F)OCC[C@]3(C)O)n1. The fourth-order valence-electron chi connectivity index (χ4n) is 4.16. The number of aliphatic hydroxyl groups is 1. The van der Waals surface area contributed by atoms with Gasteiger partial charge in [-0.25, -0.2) is 9.37 Å². The van der Waals surface area contributed by atoms with Crippen LogP contribution >= 0.6 is 0 Å². The summed E-state index contributed by atoms with van der Waals surface area (Å²) in [5, 5.41) is 17.1. The summed E-state index contributed by atoms with van der Waals surface area (Å²) in [6, 6.07) is 3.44. The van der Waals surface area contributed by atoms with Crippen molar-refractivity contribution in [1.29, 1.82) is 0 Å². The molecule has 3 N–H and O–H groups in total. The minimum Gasteiger partial charge on any atom is -0.492 e. The summed E-state index contributed by atoms with van der Waals surface area (Å²) in [6.45, 7) is 5.64. The number of ether oxygens (including phenoxy) is 1. The van der Waals surface area contributed by atoms with Crippen molar-refractivity contribution < 1.29 is 14.2 Å². The van der Waals surface area contributed by atoms with Crippen molar-refractivity contribution in [2.24, 2.45) is 0 Å². The minimum atomic E-state index is -1.11. The molecule has 7 nitrogen and oxygen atoms in total. The highest BCUT2D eigenvalue weighted by Crippen LogP contribution is 2.46. The van der Waals surface area contributed by atoms with Crippen LogP contribution in [-0.4, -0.2) is 53.8 Å². The van der Waals surface area contributed by atoms with Gasteiger partial charge in [-0.1, -0.05) is 6.08 Å². The quantitative estimate of drug-likeness (QED) is 0.684. The van der Waals surface area contributed by atoms with Crippen molar-refractivity contribution in [3.63, 3.8) is 0 Å². The standard InChI is InChI=1S/C23H30FN5O2/c1-14-12-18(25-3)28-22(26-14)27-17-13-16-21(31-11-8-23(16,2)30)19(20(17)24)15-6-5-9-29(4)10-7-15/h7,12-13,30H,5-6,8-11H2,1-4H3,(H2,25,26,27,28)/t23-/m0/s1. The molecule has 0 aliphatic carbocycles. The number of fused-ring (bicyclic) bond motifs is 1. The average molecular weight is 428 g/mol. The number of hydrogen-bond acceptors (Lipinski definition) is 7. The molecule has 3 heterocycles. The van der Waals surface area contributed by atoms with E-state index in [1.807, 2.05) is 13.0 Å². The molecule has 1 aromatic heterocycles. The smallest absolute Gasteiger partial charge is 0.229 e. The number of allylic oxidation sites excluding steroid dienone is 1. The molecule has 0 fully saturated rings. The third-order valence-electron chi connectivity index (χ3n) is 5.95. The summed E-state index contributed by atoms with van der Waals surface area (Å²) < 4.78 is 21.9. The zero-order valence-electron chi connectivity index (χ0n) is 18.5. The largest absolute Gasteiger partial charge is 0.492 e. The third-order valence-corrected chi connectivity index (χ3v) is 5.95. The molecule has 0 saturated heterocycles. The van der Waals surface area contributed by atoms with Crippen LogP contribution in [0.1, 0.15) is 43.0 Å². The Hall–Kier alpha value is -2.71. The number of benzene rings is 1. The lowest BCUT2D eigenvalue weighted by molar-refractivity contribution is 0.0144. The molecule has 0 radical (unpaired) electrons. The first-order valence-electron chi connectivity index (χ1n) is 10.7. The summed E-state index contributed by atoms with van der Waals surface area (Å²) in [6.07, 6.45) is 4.17. The van der Waals surface area contributed by atoms with E-state index in [0.29, 0.717) is 41.7 Å². The molecule has 4 rings (SSSR count). The predicted molar refractivity (Wildman–Crippen MR) is 120 cm³/mol. The van der Waals surface area contributed by atoms with Gasteiger partial charge in [0, 0.05) is 37.3 Å². The van der Waals surface area contributed by atoms with Crippen LogP contribution in [0, 0.1) is 12.7 Å². The lowest BCUT2D eigenvalue weighted by atomic mass is 9.85. The van der Waals surface area contributed by atoms with Crippen molar-refractivity contribution in [2.45, 2.75) is 38.7 Å². The van der Waals surface area contributed by atoms with Gasteiger partial charge in [-0.05, 0) is 51.9 Å². The van der Waals surface area contributed by atoms with E-state index >= 15 is 4.39 Å². The van der Waals surface area contributed by atoms with Gasteiger partial charge in [0.1, 0.15) is 11.6 Å². The molecule has 1 atom stereocenters. The van der Waals surface area contributed by atoms with Crippen molar-refractivity contribution >= 4 is 23.0 Å².